The van der Waals surface area contributed by atoms with Crippen molar-refractivity contribution in [2.24, 2.45) is 5.10 Å². The number of amides is 1. The average molecular weight is 508 g/mol. The fourth-order valence-electron chi connectivity index (χ4n) is 3.29. The van der Waals surface area contributed by atoms with Crippen molar-refractivity contribution in [3.8, 4) is 11.5 Å². The molecule has 0 aliphatic heterocycles. The third kappa shape index (κ3) is 7.44. The van der Waals surface area contributed by atoms with E-state index in [0.29, 0.717) is 36.0 Å². The number of benzene rings is 3. The number of hydrazone groups is 1. The van der Waals surface area contributed by atoms with Crippen molar-refractivity contribution in [1.29, 1.82) is 0 Å². The molecule has 0 aromatic heterocycles. The summed E-state index contributed by atoms with van der Waals surface area (Å²) in [5.74, 6) is 0.778. The highest BCUT2D eigenvalue weighted by atomic mass is 32.2. The van der Waals surface area contributed by atoms with Crippen molar-refractivity contribution in [2.75, 3.05) is 23.8 Å². The maximum atomic E-state index is 12.5. The van der Waals surface area contributed by atoms with Crippen LogP contribution in [-0.2, 0) is 16.6 Å². The average Bonchev–Trinajstić information content (AvgIpc) is 2.87. The Hall–Kier alpha value is -4.11. The molecule has 8 nitrogen and oxygen atoms in total. The lowest BCUT2D eigenvalue weighted by atomic mass is 10.1. The number of nitrogens with one attached hydrogen (secondary N) is 1. The highest BCUT2D eigenvalue weighted by Gasteiger charge is 2.17. The van der Waals surface area contributed by atoms with Gasteiger partial charge in [0.2, 0.25) is 10.0 Å². The van der Waals surface area contributed by atoms with Crippen LogP contribution in [0, 0.1) is 0 Å². The van der Waals surface area contributed by atoms with Gasteiger partial charge in [0.25, 0.3) is 5.91 Å². The van der Waals surface area contributed by atoms with Crippen LogP contribution in [0.4, 0.5) is 5.69 Å². The van der Waals surface area contributed by atoms with Gasteiger partial charge in [0.1, 0.15) is 6.61 Å². The van der Waals surface area contributed by atoms with E-state index < -0.39 is 15.9 Å². The first-order valence-electron chi connectivity index (χ1n) is 11.3. The van der Waals surface area contributed by atoms with Crippen molar-refractivity contribution in [1.82, 2.24) is 5.43 Å². The first kappa shape index (κ1) is 26.5. The van der Waals surface area contributed by atoms with Crippen LogP contribution < -0.4 is 19.2 Å². The van der Waals surface area contributed by atoms with Crippen molar-refractivity contribution >= 4 is 27.8 Å². The molecule has 0 saturated carbocycles. The Bertz CT molecular complexity index is 1310. The molecule has 0 unspecified atom stereocenters. The molecule has 0 saturated heterocycles. The van der Waals surface area contributed by atoms with Gasteiger partial charge in [-0.3, -0.25) is 9.10 Å². The number of sulfonamides is 1. The Labute approximate surface area is 211 Å². The molecular weight excluding hydrogens is 478 g/mol. The van der Waals surface area contributed by atoms with E-state index in [0.717, 1.165) is 11.1 Å². The first-order chi connectivity index (χ1) is 17.3. The predicted octanol–water partition coefficient (Wildman–Crippen LogP) is 4.38. The zero-order chi connectivity index (χ0) is 26.0. The van der Waals surface area contributed by atoms with Crippen molar-refractivity contribution in [3.63, 3.8) is 0 Å². The third-order valence-corrected chi connectivity index (χ3v) is 6.13. The second-order valence-corrected chi connectivity index (χ2v) is 9.65. The van der Waals surface area contributed by atoms with Crippen molar-refractivity contribution in [2.45, 2.75) is 13.5 Å². The highest BCUT2D eigenvalue weighted by Crippen LogP contribution is 2.28. The van der Waals surface area contributed by atoms with E-state index in [1.54, 1.807) is 72.8 Å². The number of para-hydroxylation sites is 1. The molecule has 0 radical (unpaired) electrons. The Kier molecular flexibility index (Phi) is 9.24. The summed E-state index contributed by atoms with van der Waals surface area (Å²) in [6.07, 6.45) is 4.33. The van der Waals surface area contributed by atoms with Crippen LogP contribution >= 0.6 is 0 Å². The lowest BCUT2D eigenvalue weighted by Crippen LogP contribution is -2.29. The molecule has 9 heteroatoms. The van der Waals surface area contributed by atoms with E-state index in [2.05, 4.69) is 17.1 Å². The Morgan fingerprint density at radius 1 is 1.03 bits per heavy atom. The van der Waals surface area contributed by atoms with E-state index in [-0.39, 0.29) is 6.54 Å². The van der Waals surface area contributed by atoms with E-state index in [4.69, 9.17) is 9.47 Å². The van der Waals surface area contributed by atoms with Crippen LogP contribution in [0.5, 0.6) is 11.5 Å². The van der Waals surface area contributed by atoms with Crippen LogP contribution in [0.2, 0.25) is 0 Å². The molecule has 0 bridgehead atoms. The largest absolute Gasteiger partial charge is 0.490 e. The number of anilines is 1. The van der Waals surface area contributed by atoms with Crippen molar-refractivity contribution < 1.29 is 22.7 Å². The Morgan fingerprint density at radius 2 is 1.75 bits per heavy atom. The van der Waals surface area contributed by atoms with E-state index in [1.807, 2.05) is 13.0 Å². The number of nitrogens with zero attached hydrogens (tertiary/aromatic N) is 2. The van der Waals surface area contributed by atoms with Gasteiger partial charge in [-0.1, -0.05) is 43.0 Å². The molecule has 0 spiro atoms. The number of carbonyl (C=O) groups excluding carboxylic acids is 1. The summed E-state index contributed by atoms with van der Waals surface area (Å²) in [4.78, 5) is 12.5. The molecular formula is C27H29N3O5S. The quantitative estimate of drug-likeness (QED) is 0.223. The monoisotopic (exact) mass is 507 g/mol. The lowest BCUT2D eigenvalue weighted by Gasteiger charge is -2.22. The van der Waals surface area contributed by atoms with Gasteiger partial charge < -0.3 is 9.47 Å². The second-order valence-electron chi connectivity index (χ2n) is 7.74. The van der Waals surface area contributed by atoms with Crippen LogP contribution in [0.3, 0.4) is 0 Å². The molecule has 0 atom stereocenters. The smallest absolute Gasteiger partial charge is 0.271 e. The molecule has 36 heavy (non-hydrogen) atoms. The summed E-state index contributed by atoms with van der Waals surface area (Å²) >= 11 is 0. The summed E-state index contributed by atoms with van der Waals surface area (Å²) < 4.78 is 37.1. The molecule has 188 valence electrons. The SMILES string of the molecule is C=CCOc1ccc(/C=N\NC(=O)c2ccc(CN(c3ccccc3)S(C)(=O)=O)cc2)cc1OCC. The number of hydrogen-bond acceptors (Lipinski definition) is 6. The molecule has 0 aliphatic carbocycles. The molecule has 0 aliphatic rings. The Balaban J connectivity index is 1.64. The van der Waals surface area contributed by atoms with Gasteiger partial charge in [-0.2, -0.15) is 5.10 Å². The standard InChI is InChI=1S/C27H29N3O5S/c1-4-17-35-25-16-13-22(18-26(25)34-5-2)19-28-29-27(31)23-14-11-21(12-15-23)20-30(36(3,32)33)24-9-7-6-8-10-24/h4,6-16,18-19H,1,5,17,20H2,2-3H3,(H,29,31)/b28-19-. The van der Waals surface area contributed by atoms with Crippen LogP contribution in [0.15, 0.2) is 90.6 Å². The molecule has 3 aromatic carbocycles. The molecule has 0 fully saturated rings. The lowest BCUT2D eigenvalue weighted by molar-refractivity contribution is 0.0955. The maximum absolute atomic E-state index is 12.5. The van der Waals surface area contributed by atoms with Crippen LogP contribution in [0.1, 0.15) is 28.4 Å². The number of rotatable bonds is 12. The molecule has 3 rings (SSSR count). The number of carbonyl (C=O) groups is 1. The topological polar surface area (TPSA) is 97.3 Å². The molecule has 1 N–H and O–H groups in total. The fourth-order valence-corrected chi connectivity index (χ4v) is 4.18. The number of ether oxygens (including phenoxy) is 2. The summed E-state index contributed by atoms with van der Waals surface area (Å²) in [5, 5.41) is 4.03. The Morgan fingerprint density at radius 3 is 2.39 bits per heavy atom. The zero-order valence-electron chi connectivity index (χ0n) is 20.3. The molecule has 0 heterocycles. The van der Waals surface area contributed by atoms with E-state index in [1.165, 1.54) is 16.8 Å². The summed E-state index contributed by atoms with van der Waals surface area (Å²) in [5.41, 5.74) is 4.93. The van der Waals surface area contributed by atoms with Crippen molar-refractivity contribution in [3.05, 3.63) is 102 Å². The van der Waals surface area contributed by atoms with Gasteiger partial charge >= 0.3 is 0 Å². The number of hydrogen-bond donors (Lipinski definition) is 1. The van der Waals surface area contributed by atoms with Gasteiger partial charge in [-0.15, -0.1) is 0 Å². The van der Waals surface area contributed by atoms with Gasteiger partial charge in [-0.25, -0.2) is 13.8 Å². The minimum atomic E-state index is -3.48. The van der Waals surface area contributed by atoms with Gasteiger partial charge in [0, 0.05) is 5.56 Å². The van der Waals surface area contributed by atoms with E-state index >= 15 is 0 Å². The fraction of sp³-hybridized carbons (Fsp3) is 0.185. The third-order valence-electron chi connectivity index (χ3n) is 4.99. The minimum Gasteiger partial charge on any atom is -0.490 e. The van der Waals surface area contributed by atoms with E-state index in [9.17, 15) is 13.2 Å². The van der Waals surface area contributed by atoms with Crippen LogP contribution in [-0.4, -0.2) is 40.0 Å². The molecule has 3 aromatic rings. The molecule has 1 amide bonds. The normalized spacial score (nSPS) is 11.2. The summed E-state index contributed by atoms with van der Waals surface area (Å²) in [6, 6.07) is 20.9. The van der Waals surface area contributed by atoms with Crippen LogP contribution in [0.25, 0.3) is 0 Å². The highest BCUT2D eigenvalue weighted by molar-refractivity contribution is 7.92. The zero-order valence-corrected chi connectivity index (χ0v) is 21.1. The van der Waals surface area contributed by atoms with Gasteiger partial charge in [0.05, 0.1) is 31.3 Å². The van der Waals surface area contributed by atoms with Gasteiger partial charge in [-0.05, 0) is 60.5 Å². The second kappa shape index (κ2) is 12.6. The summed E-state index contributed by atoms with van der Waals surface area (Å²) in [6.45, 7) is 6.51. The summed E-state index contributed by atoms with van der Waals surface area (Å²) in [7, 11) is -3.48. The predicted molar refractivity (Wildman–Crippen MR) is 142 cm³/mol. The minimum absolute atomic E-state index is 0.150. The van der Waals surface area contributed by atoms with Gasteiger partial charge in [0.15, 0.2) is 11.5 Å². The maximum Gasteiger partial charge on any atom is 0.271 e. The first-order valence-corrected chi connectivity index (χ1v) is 13.1.